The second-order valence-electron chi connectivity index (χ2n) is 4.40. The van der Waals surface area contributed by atoms with Crippen molar-refractivity contribution in [3.63, 3.8) is 0 Å². The zero-order valence-electron chi connectivity index (χ0n) is 11.3. The van der Waals surface area contributed by atoms with E-state index in [1.165, 1.54) is 0 Å². The second kappa shape index (κ2) is 6.20. The van der Waals surface area contributed by atoms with Gasteiger partial charge in [-0.25, -0.2) is 9.59 Å². The molecule has 1 N–H and O–H groups in total. The van der Waals surface area contributed by atoms with Crippen molar-refractivity contribution in [2.24, 2.45) is 0 Å². The van der Waals surface area contributed by atoms with Crippen molar-refractivity contribution < 1.29 is 49.6 Å². The highest BCUT2D eigenvalue weighted by Crippen LogP contribution is 2.34. The number of alkyl halides is 4. The lowest BCUT2D eigenvalue weighted by atomic mass is 10.0. The predicted octanol–water partition coefficient (Wildman–Crippen LogP) is 1.15. The molecule has 0 aliphatic heterocycles. The van der Waals surface area contributed by atoms with Crippen LogP contribution in [0.1, 0.15) is 13.8 Å². The van der Waals surface area contributed by atoms with E-state index in [4.69, 9.17) is 4.55 Å². The topological polar surface area (TPSA) is 107 Å². The number of esters is 2. The SMILES string of the molecule is C=CC(=O)OC(C)(C)C(F)(F)C(=O)OCC(F)(F)S(=O)(=O)O. The minimum atomic E-state index is -5.96. The third kappa shape index (κ3) is 4.40. The van der Waals surface area contributed by atoms with Gasteiger partial charge in [-0.2, -0.15) is 26.0 Å². The minimum Gasteiger partial charge on any atom is -0.453 e. The van der Waals surface area contributed by atoms with Gasteiger partial charge in [0, 0.05) is 6.08 Å². The van der Waals surface area contributed by atoms with Gasteiger partial charge in [0.25, 0.3) is 0 Å². The summed E-state index contributed by atoms with van der Waals surface area (Å²) < 4.78 is 89.3. The van der Waals surface area contributed by atoms with Crippen LogP contribution in [0.25, 0.3) is 0 Å². The van der Waals surface area contributed by atoms with E-state index in [1.807, 2.05) is 0 Å². The van der Waals surface area contributed by atoms with Crippen LogP contribution < -0.4 is 0 Å². The molecular weight excluding hydrogens is 340 g/mol. The number of ether oxygens (including phenoxy) is 2. The fraction of sp³-hybridized carbons (Fsp3) is 0.600. The van der Waals surface area contributed by atoms with E-state index >= 15 is 0 Å². The Morgan fingerprint density at radius 3 is 2.05 bits per heavy atom. The molecule has 0 heterocycles. The molecule has 0 aliphatic rings. The predicted molar refractivity (Wildman–Crippen MR) is 62.8 cm³/mol. The molecule has 0 radical (unpaired) electrons. The Morgan fingerprint density at radius 1 is 1.23 bits per heavy atom. The van der Waals surface area contributed by atoms with Gasteiger partial charge in [0.2, 0.25) is 0 Å². The van der Waals surface area contributed by atoms with Gasteiger partial charge in [-0.15, -0.1) is 0 Å². The summed E-state index contributed by atoms with van der Waals surface area (Å²) in [6.07, 6.45) is 0.523. The lowest BCUT2D eigenvalue weighted by Crippen LogP contribution is -2.53. The first-order valence-electron chi connectivity index (χ1n) is 5.34. The van der Waals surface area contributed by atoms with Crippen LogP contribution >= 0.6 is 0 Å². The third-order valence-corrected chi connectivity index (χ3v) is 3.16. The molecule has 0 bridgehead atoms. The highest BCUT2D eigenvalue weighted by molar-refractivity contribution is 7.86. The summed E-state index contributed by atoms with van der Waals surface area (Å²) in [5.74, 6) is -8.47. The molecule has 128 valence electrons. The van der Waals surface area contributed by atoms with Crippen LogP contribution in [0, 0.1) is 0 Å². The molecule has 0 spiro atoms. The molecule has 12 heteroatoms. The van der Waals surface area contributed by atoms with E-state index in [0.29, 0.717) is 19.9 Å². The summed E-state index contributed by atoms with van der Waals surface area (Å²) in [5.41, 5.74) is -2.79. The fourth-order valence-corrected chi connectivity index (χ4v) is 1.13. The molecule has 7 nitrogen and oxygen atoms in total. The molecule has 0 saturated heterocycles. The monoisotopic (exact) mass is 352 g/mol. The van der Waals surface area contributed by atoms with Gasteiger partial charge < -0.3 is 9.47 Å². The highest BCUT2D eigenvalue weighted by atomic mass is 32.2. The maximum absolute atomic E-state index is 13.7. The van der Waals surface area contributed by atoms with Crippen LogP contribution in [0.2, 0.25) is 0 Å². The van der Waals surface area contributed by atoms with Gasteiger partial charge in [-0.3, -0.25) is 4.55 Å². The zero-order valence-corrected chi connectivity index (χ0v) is 12.1. The van der Waals surface area contributed by atoms with Gasteiger partial charge in [0.15, 0.2) is 12.2 Å². The highest BCUT2D eigenvalue weighted by Gasteiger charge is 2.58. The summed E-state index contributed by atoms with van der Waals surface area (Å²) in [7, 11) is -5.96. The van der Waals surface area contributed by atoms with E-state index < -0.39 is 45.4 Å². The molecule has 0 aromatic carbocycles. The van der Waals surface area contributed by atoms with Crippen LogP contribution in [0.3, 0.4) is 0 Å². The van der Waals surface area contributed by atoms with E-state index in [-0.39, 0.29) is 0 Å². The Balaban J connectivity index is 5.12. The maximum Gasteiger partial charge on any atom is 0.402 e. The fourth-order valence-electron chi connectivity index (χ4n) is 0.918. The first-order valence-corrected chi connectivity index (χ1v) is 6.78. The number of rotatable bonds is 7. The number of carbonyl (C=O) groups is 2. The maximum atomic E-state index is 13.7. The van der Waals surface area contributed by atoms with Crippen molar-refractivity contribution in [1.29, 1.82) is 0 Å². The van der Waals surface area contributed by atoms with Crippen molar-refractivity contribution in [3.05, 3.63) is 12.7 Å². The number of hydrogen-bond donors (Lipinski definition) is 1. The van der Waals surface area contributed by atoms with Crippen molar-refractivity contribution in [3.8, 4) is 0 Å². The lowest BCUT2D eigenvalue weighted by Gasteiger charge is -2.31. The van der Waals surface area contributed by atoms with Gasteiger partial charge in [-0.05, 0) is 13.8 Å². The van der Waals surface area contributed by atoms with Crippen molar-refractivity contribution in [2.45, 2.75) is 30.6 Å². The molecule has 0 amide bonds. The zero-order chi connectivity index (χ0) is 18.0. The van der Waals surface area contributed by atoms with E-state index in [2.05, 4.69) is 16.1 Å². The van der Waals surface area contributed by atoms with Crippen LogP contribution in [0.4, 0.5) is 17.6 Å². The molecule has 0 saturated carbocycles. The van der Waals surface area contributed by atoms with Crippen LogP contribution in [-0.4, -0.2) is 48.3 Å². The van der Waals surface area contributed by atoms with E-state index in [9.17, 15) is 35.6 Å². The minimum absolute atomic E-state index is 0.523. The van der Waals surface area contributed by atoms with Gasteiger partial charge in [0.1, 0.15) is 0 Å². The van der Waals surface area contributed by atoms with Gasteiger partial charge in [0.05, 0.1) is 0 Å². The molecule has 0 atom stereocenters. The summed E-state index contributed by atoms with van der Waals surface area (Å²) in [6.45, 7) is 1.78. The molecule has 0 unspecified atom stereocenters. The number of carbonyl (C=O) groups excluding carboxylic acids is 2. The molecule has 0 aromatic heterocycles. The largest absolute Gasteiger partial charge is 0.453 e. The van der Waals surface area contributed by atoms with Crippen LogP contribution in [0.15, 0.2) is 12.7 Å². The van der Waals surface area contributed by atoms with Crippen LogP contribution in [0.5, 0.6) is 0 Å². The molecule has 0 rings (SSSR count). The Hall–Kier alpha value is -1.69. The Morgan fingerprint density at radius 2 is 1.68 bits per heavy atom. The second-order valence-corrected chi connectivity index (χ2v) is 5.95. The summed E-state index contributed by atoms with van der Waals surface area (Å²) >= 11 is 0. The Kier molecular flexibility index (Phi) is 5.72. The summed E-state index contributed by atoms with van der Waals surface area (Å²) in [5, 5.41) is -4.97. The van der Waals surface area contributed by atoms with E-state index in [0.717, 1.165) is 0 Å². The van der Waals surface area contributed by atoms with Crippen molar-refractivity contribution in [1.82, 2.24) is 0 Å². The summed E-state index contributed by atoms with van der Waals surface area (Å²) in [4.78, 5) is 22.0. The lowest BCUT2D eigenvalue weighted by molar-refractivity contribution is -0.218. The molecule has 0 aliphatic carbocycles. The average Bonchev–Trinajstić information content (AvgIpc) is 2.33. The van der Waals surface area contributed by atoms with Crippen LogP contribution in [-0.2, 0) is 29.2 Å². The Labute approximate surface area is 122 Å². The van der Waals surface area contributed by atoms with E-state index in [1.54, 1.807) is 0 Å². The third-order valence-electron chi connectivity index (χ3n) is 2.28. The first kappa shape index (κ1) is 20.3. The standard InChI is InChI=1S/C10H12F4O7S/c1-4-6(15)21-8(2,3)10(13,14)7(16)20-5-9(11,12)22(17,18)19/h4H,1,5H2,2-3H3,(H,17,18,19). The van der Waals surface area contributed by atoms with Gasteiger partial charge in [-0.1, -0.05) is 6.58 Å². The quantitative estimate of drug-likeness (QED) is 0.317. The Bertz CT molecular complexity index is 568. The molecule has 0 aromatic rings. The molecule has 0 fully saturated rings. The normalized spacial score (nSPS) is 13.4. The van der Waals surface area contributed by atoms with Gasteiger partial charge >= 0.3 is 33.2 Å². The van der Waals surface area contributed by atoms with Crippen molar-refractivity contribution >= 4 is 22.1 Å². The number of hydrogen-bond acceptors (Lipinski definition) is 6. The first-order chi connectivity index (χ1) is 9.58. The molecular formula is C10H12F4O7S. The summed E-state index contributed by atoms with van der Waals surface area (Å²) in [6, 6.07) is 0. The average molecular weight is 352 g/mol. The number of halogens is 4. The molecule has 22 heavy (non-hydrogen) atoms. The smallest absolute Gasteiger partial charge is 0.402 e. The van der Waals surface area contributed by atoms with Crippen molar-refractivity contribution in [2.75, 3.05) is 6.61 Å².